The lowest BCUT2D eigenvalue weighted by atomic mass is 10.3. The van der Waals surface area contributed by atoms with Gasteiger partial charge in [-0.1, -0.05) is 12.1 Å². The van der Waals surface area contributed by atoms with E-state index in [4.69, 9.17) is 0 Å². The Morgan fingerprint density at radius 1 is 1.31 bits per heavy atom. The van der Waals surface area contributed by atoms with E-state index in [0.29, 0.717) is 5.69 Å². The molecule has 1 N–H and O–H groups in total. The second kappa shape index (κ2) is 4.96. The number of hydrogen-bond acceptors (Lipinski definition) is 2. The van der Waals surface area contributed by atoms with Crippen LogP contribution in [0, 0.1) is 5.82 Å². The number of likely N-dealkylation sites (tertiary alicyclic amines) is 1. The number of hydrogen-bond donors (Lipinski definition) is 1. The van der Waals surface area contributed by atoms with Crippen molar-refractivity contribution in [3.8, 4) is 0 Å². The minimum Gasteiger partial charge on any atom is -0.374 e. The molecule has 1 heterocycles. The zero-order chi connectivity index (χ0) is 11.4. The van der Waals surface area contributed by atoms with Gasteiger partial charge in [-0.25, -0.2) is 4.39 Å². The minimum absolute atomic E-state index is 0.0424. The summed E-state index contributed by atoms with van der Waals surface area (Å²) < 4.78 is 13.2. The summed E-state index contributed by atoms with van der Waals surface area (Å²) in [5.74, 6) is -0.280. The summed E-state index contributed by atoms with van der Waals surface area (Å²) in [5.41, 5.74) is 0.384. The van der Waals surface area contributed by atoms with Gasteiger partial charge in [-0.15, -0.1) is 0 Å². The number of halogens is 1. The first-order valence-corrected chi connectivity index (χ1v) is 5.53. The largest absolute Gasteiger partial charge is 0.374 e. The Morgan fingerprint density at radius 3 is 2.69 bits per heavy atom. The number of carbonyl (C=O) groups excluding carboxylic acids is 1. The molecule has 1 saturated heterocycles. The van der Waals surface area contributed by atoms with E-state index in [9.17, 15) is 9.18 Å². The maximum absolute atomic E-state index is 13.2. The molecule has 3 nitrogen and oxygen atoms in total. The third kappa shape index (κ3) is 2.51. The lowest BCUT2D eigenvalue weighted by Crippen LogP contribution is -2.33. The molecule has 0 aromatic heterocycles. The molecule has 4 heteroatoms. The molecule has 0 radical (unpaired) electrons. The molecule has 1 aliphatic rings. The van der Waals surface area contributed by atoms with E-state index in [1.165, 1.54) is 6.07 Å². The molecule has 0 spiro atoms. The van der Waals surface area contributed by atoms with Crippen LogP contribution in [-0.4, -0.2) is 30.4 Å². The van der Waals surface area contributed by atoms with Crippen LogP contribution in [0.3, 0.4) is 0 Å². The minimum atomic E-state index is -0.322. The molecular weight excluding hydrogens is 207 g/mol. The van der Waals surface area contributed by atoms with Crippen LogP contribution >= 0.6 is 0 Å². The molecule has 1 aliphatic heterocycles. The summed E-state index contributed by atoms with van der Waals surface area (Å²) in [5, 5.41) is 2.82. The van der Waals surface area contributed by atoms with Crippen LogP contribution < -0.4 is 5.32 Å². The number of para-hydroxylation sites is 1. The van der Waals surface area contributed by atoms with Gasteiger partial charge in [-0.2, -0.15) is 0 Å². The lowest BCUT2D eigenvalue weighted by molar-refractivity contribution is -0.128. The van der Waals surface area contributed by atoms with Crippen molar-refractivity contribution in [3.05, 3.63) is 30.1 Å². The predicted molar refractivity (Wildman–Crippen MR) is 60.7 cm³/mol. The molecule has 0 bridgehead atoms. The van der Waals surface area contributed by atoms with Crippen molar-refractivity contribution in [1.82, 2.24) is 4.90 Å². The molecule has 1 fully saturated rings. The second-order valence-corrected chi connectivity index (χ2v) is 3.92. The SMILES string of the molecule is O=C(CNc1ccccc1F)N1CCCC1. The number of amides is 1. The fraction of sp³-hybridized carbons (Fsp3) is 0.417. The highest BCUT2D eigenvalue weighted by molar-refractivity contribution is 5.81. The number of nitrogens with zero attached hydrogens (tertiary/aromatic N) is 1. The second-order valence-electron chi connectivity index (χ2n) is 3.92. The van der Waals surface area contributed by atoms with Gasteiger partial charge < -0.3 is 10.2 Å². The van der Waals surface area contributed by atoms with Gasteiger partial charge in [0.15, 0.2) is 0 Å². The fourth-order valence-corrected chi connectivity index (χ4v) is 1.85. The maximum atomic E-state index is 13.2. The highest BCUT2D eigenvalue weighted by Gasteiger charge is 2.17. The molecule has 0 saturated carbocycles. The lowest BCUT2D eigenvalue weighted by Gasteiger charge is -2.16. The van der Waals surface area contributed by atoms with Crippen molar-refractivity contribution in [1.29, 1.82) is 0 Å². The average Bonchev–Trinajstić information content (AvgIpc) is 2.81. The number of rotatable bonds is 3. The Morgan fingerprint density at radius 2 is 2.00 bits per heavy atom. The molecule has 1 aromatic rings. The average molecular weight is 222 g/mol. The third-order valence-corrected chi connectivity index (χ3v) is 2.76. The number of benzene rings is 1. The van der Waals surface area contributed by atoms with E-state index in [1.54, 1.807) is 18.2 Å². The fourth-order valence-electron chi connectivity index (χ4n) is 1.85. The Hall–Kier alpha value is -1.58. The quantitative estimate of drug-likeness (QED) is 0.846. The summed E-state index contributed by atoms with van der Waals surface area (Å²) >= 11 is 0. The van der Waals surface area contributed by atoms with Gasteiger partial charge in [-0.05, 0) is 25.0 Å². The Balaban J connectivity index is 1.87. The summed E-state index contributed by atoms with van der Waals surface area (Å²) in [6.07, 6.45) is 2.15. The molecule has 0 atom stereocenters. The summed E-state index contributed by atoms with van der Waals surface area (Å²) in [6, 6.07) is 6.38. The van der Waals surface area contributed by atoms with Crippen LogP contribution in [0.15, 0.2) is 24.3 Å². The number of carbonyl (C=O) groups is 1. The van der Waals surface area contributed by atoms with Gasteiger partial charge in [0.1, 0.15) is 5.82 Å². The molecule has 16 heavy (non-hydrogen) atoms. The van der Waals surface area contributed by atoms with Crippen LogP contribution in [0.25, 0.3) is 0 Å². The van der Waals surface area contributed by atoms with Crippen LogP contribution in [0.4, 0.5) is 10.1 Å². The van der Waals surface area contributed by atoms with E-state index in [2.05, 4.69) is 5.32 Å². The maximum Gasteiger partial charge on any atom is 0.241 e. The Bertz CT molecular complexity index is 375. The summed E-state index contributed by atoms with van der Waals surface area (Å²) in [4.78, 5) is 13.5. The van der Waals surface area contributed by atoms with Crippen LogP contribution in [0.1, 0.15) is 12.8 Å². The van der Waals surface area contributed by atoms with Gasteiger partial charge in [0.25, 0.3) is 0 Å². The van der Waals surface area contributed by atoms with Crippen LogP contribution in [0.2, 0.25) is 0 Å². The molecule has 1 amide bonds. The highest BCUT2D eigenvalue weighted by Crippen LogP contribution is 2.13. The smallest absolute Gasteiger partial charge is 0.241 e. The Kier molecular flexibility index (Phi) is 3.39. The van der Waals surface area contributed by atoms with Gasteiger partial charge in [0.05, 0.1) is 12.2 Å². The van der Waals surface area contributed by atoms with Crippen molar-refractivity contribution < 1.29 is 9.18 Å². The first kappa shape index (κ1) is 10.9. The van der Waals surface area contributed by atoms with Gasteiger partial charge in [0.2, 0.25) is 5.91 Å². The summed E-state index contributed by atoms with van der Waals surface area (Å²) in [7, 11) is 0. The van der Waals surface area contributed by atoms with Crippen molar-refractivity contribution in [2.45, 2.75) is 12.8 Å². The predicted octanol–water partition coefficient (Wildman–Crippen LogP) is 1.86. The molecule has 0 unspecified atom stereocenters. The summed E-state index contributed by atoms with van der Waals surface area (Å²) in [6.45, 7) is 1.83. The van der Waals surface area contributed by atoms with E-state index >= 15 is 0 Å². The first-order valence-electron chi connectivity index (χ1n) is 5.53. The first-order chi connectivity index (χ1) is 7.77. The molecular formula is C12H15FN2O. The van der Waals surface area contributed by atoms with Gasteiger partial charge in [-0.3, -0.25) is 4.79 Å². The number of nitrogens with one attached hydrogen (secondary N) is 1. The van der Waals surface area contributed by atoms with Gasteiger partial charge >= 0.3 is 0 Å². The molecule has 2 rings (SSSR count). The van der Waals surface area contributed by atoms with Crippen molar-refractivity contribution in [2.75, 3.05) is 25.0 Å². The third-order valence-electron chi connectivity index (χ3n) is 2.76. The zero-order valence-corrected chi connectivity index (χ0v) is 9.08. The molecule has 0 aliphatic carbocycles. The molecule has 86 valence electrons. The van der Waals surface area contributed by atoms with Crippen molar-refractivity contribution >= 4 is 11.6 Å². The van der Waals surface area contributed by atoms with E-state index < -0.39 is 0 Å². The highest BCUT2D eigenvalue weighted by atomic mass is 19.1. The standard InChI is InChI=1S/C12H15FN2O/c13-10-5-1-2-6-11(10)14-9-12(16)15-7-3-4-8-15/h1-2,5-6,14H,3-4,7-9H2. The zero-order valence-electron chi connectivity index (χ0n) is 9.08. The van der Waals surface area contributed by atoms with E-state index in [0.717, 1.165) is 25.9 Å². The van der Waals surface area contributed by atoms with Gasteiger partial charge in [0, 0.05) is 13.1 Å². The van der Waals surface area contributed by atoms with E-state index in [-0.39, 0.29) is 18.3 Å². The normalized spacial score (nSPS) is 15.2. The van der Waals surface area contributed by atoms with E-state index in [1.807, 2.05) is 4.90 Å². The van der Waals surface area contributed by atoms with Crippen molar-refractivity contribution in [2.24, 2.45) is 0 Å². The Labute approximate surface area is 94.3 Å². The topological polar surface area (TPSA) is 32.3 Å². The van der Waals surface area contributed by atoms with Crippen molar-refractivity contribution in [3.63, 3.8) is 0 Å². The van der Waals surface area contributed by atoms with Crippen LogP contribution in [-0.2, 0) is 4.79 Å². The van der Waals surface area contributed by atoms with Crippen LogP contribution in [0.5, 0.6) is 0 Å². The number of anilines is 1. The molecule has 1 aromatic carbocycles. The monoisotopic (exact) mass is 222 g/mol.